The first-order valence-corrected chi connectivity index (χ1v) is 7.93. The number of ether oxygens (including phenoxy) is 1. The van der Waals surface area contributed by atoms with Gasteiger partial charge in [0.15, 0.2) is 0 Å². The van der Waals surface area contributed by atoms with Gasteiger partial charge in [0.2, 0.25) is 6.35 Å². The zero-order valence-electron chi connectivity index (χ0n) is 14.1. The molecule has 2 amide bonds. The van der Waals surface area contributed by atoms with Crippen molar-refractivity contribution in [1.29, 1.82) is 0 Å². The lowest BCUT2D eigenvalue weighted by Crippen LogP contribution is -2.28. The summed E-state index contributed by atoms with van der Waals surface area (Å²) in [6.07, 6.45) is 3.11. The van der Waals surface area contributed by atoms with Crippen LogP contribution in [0, 0.1) is 6.92 Å². The number of amides is 2. The lowest BCUT2D eigenvalue weighted by atomic mass is 10.1. The molecule has 0 bridgehead atoms. The van der Waals surface area contributed by atoms with Crippen molar-refractivity contribution in [3.05, 3.63) is 47.8 Å². The van der Waals surface area contributed by atoms with Crippen LogP contribution in [0.4, 0.5) is 10.6 Å². The van der Waals surface area contributed by atoms with Crippen LogP contribution in [-0.4, -0.2) is 35.0 Å². The van der Waals surface area contributed by atoms with Crippen LogP contribution in [0.3, 0.4) is 0 Å². The highest BCUT2D eigenvalue weighted by molar-refractivity contribution is 6.10. The van der Waals surface area contributed by atoms with Crippen LogP contribution >= 0.6 is 0 Å². The zero-order valence-corrected chi connectivity index (χ0v) is 14.1. The highest BCUT2D eigenvalue weighted by Gasteiger charge is 2.20. The molecule has 8 nitrogen and oxygen atoms in total. The zero-order chi connectivity index (χ0) is 17.8. The van der Waals surface area contributed by atoms with Crippen molar-refractivity contribution in [1.82, 2.24) is 15.1 Å². The first-order chi connectivity index (χ1) is 12.1. The molecule has 0 saturated heterocycles. The Labute approximate surface area is 145 Å². The molecule has 0 radical (unpaired) electrons. The van der Waals surface area contributed by atoms with Gasteiger partial charge in [0.05, 0.1) is 5.69 Å². The molecule has 0 saturated carbocycles. The summed E-state index contributed by atoms with van der Waals surface area (Å²) < 4.78 is 7.05. The van der Waals surface area contributed by atoms with E-state index >= 15 is 0 Å². The minimum Gasteiger partial charge on any atom is -0.351 e. The van der Waals surface area contributed by atoms with Gasteiger partial charge in [-0.05, 0) is 26.0 Å². The first kappa shape index (κ1) is 16.7. The number of allylic oxidation sites excluding steroid dienone is 1. The van der Waals surface area contributed by atoms with Gasteiger partial charge in [-0.3, -0.25) is 5.32 Å². The fourth-order valence-electron chi connectivity index (χ4n) is 2.56. The predicted octanol–water partition coefficient (Wildman–Crippen LogP) is 2.01. The molecular weight excluding hydrogens is 320 g/mol. The van der Waals surface area contributed by atoms with E-state index in [0.29, 0.717) is 18.1 Å². The van der Waals surface area contributed by atoms with Gasteiger partial charge in [-0.1, -0.05) is 18.2 Å². The molecule has 4 N–H and O–H groups in total. The number of nitrogens with two attached hydrogens (primary N) is 1. The number of hydrogen-bond acceptors (Lipinski definition) is 5. The number of aromatic nitrogens is 2. The highest BCUT2D eigenvalue weighted by Crippen LogP contribution is 2.27. The third-order valence-electron chi connectivity index (χ3n) is 3.69. The van der Waals surface area contributed by atoms with E-state index in [-0.39, 0.29) is 0 Å². The van der Waals surface area contributed by atoms with Gasteiger partial charge in [0.1, 0.15) is 11.5 Å². The summed E-state index contributed by atoms with van der Waals surface area (Å²) in [6.45, 7) is 4.34. The standard InChI is InChI=1S/C17H20N6O2/c1-3-25-17-19-9-12(10-20-17)14-11(2)15(21-16(18)24)23(22-14)13-7-5-4-6-8-13/h4-10,17,19H,3H2,1-2H3,(H3,18,21,24). The lowest BCUT2D eigenvalue weighted by Gasteiger charge is -2.17. The number of para-hydroxylation sites is 1. The Morgan fingerprint density at radius 2 is 2.16 bits per heavy atom. The number of primary amides is 1. The molecule has 1 aromatic heterocycles. The number of nitrogens with one attached hydrogen (secondary N) is 2. The van der Waals surface area contributed by atoms with Crippen LogP contribution < -0.4 is 16.4 Å². The lowest BCUT2D eigenvalue weighted by molar-refractivity contribution is 0.0549. The summed E-state index contributed by atoms with van der Waals surface area (Å²) in [4.78, 5) is 15.7. The van der Waals surface area contributed by atoms with E-state index in [2.05, 4.69) is 20.7 Å². The monoisotopic (exact) mass is 340 g/mol. The minimum atomic E-state index is -0.646. The second kappa shape index (κ2) is 7.18. The third kappa shape index (κ3) is 3.53. The smallest absolute Gasteiger partial charge is 0.317 e. The molecule has 1 unspecified atom stereocenters. The summed E-state index contributed by atoms with van der Waals surface area (Å²) in [5.74, 6) is 0.523. The topological polar surface area (TPSA) is 107 Å². The van der Waals surface area contributed by atoms with Crippen molar-refractivity contribution in [3.8, 4) is 5.69 Å². The van der Waals surface area contributed by atoms with Crippen molar-refractivity contribution in [2.75, 3.05) is 11.9 Å². The summed E-state index contributed by atoms with van der Waals surface area (Å²) in [5, 5.41) is 10.3. The van der Waals surface area contributed by atoms with Gasteiger partial charge in [0, 0.05) is 30.2 Å². The molecule has 2 heterocycles. The molecule has 25 heavy (non-hydrogen) atoms. The van der Waals surface area contributed by atoms with Crippen molar-refractivity contribution in [2.24, 2.45) is 10.7 Å². The number of anilines is 1. The maximum absolute atomic E-state index is 11.4. The molecule has 0 aliphatic carbocycles. The van der Waals surface area contributed by atoms with Crippen LogP contribution in [0.5, 0.6) is 0 Å². The highest BCUT2D eigenvalue weighted by atomic mass is 16.5. The predicted molar refractivity (Wildman–Crippen MR) is 96.5 cm³/mol. The molecular formula is C17H20N6O2. The number of benzene rings is 1. The summed E-state index contributed by atoms with van der Waals surface area (Å²) in [5.41, 5.74) is 8.40. The summed E-state index contributed by atoms with van der Waals surface area (Å²) >= 11 is 0. The Balaban J connectivity index is 2.00. The van der Waals surface area contributed by atoms with Crippen molar-refractivity contribution in [2.45, 2.75) is 20.2 Å². The summed E-state index contributed by atoms with van der Waals surface area (Å²) in [6, 6.07) is 8.86. The van der Waals surface area contributed by atoms with Crippen LogP contribution in [0.15, 0.2) is 41.5 Å². The van der Waals surface area contributed by atoms with Gasteiger partial charge in [-0.25, -0.2) is 14.5 Å². The van der Waals surface area contributed by atoms with Gasteiger partial charge < -0.3 is 15.8 Å². The molecule has 1 aliphatic rings. The van der Waals surface area contributed by atoms with Crippen molar-refractivity contribution < 1.29 is 9.53 Å². The minimum absolute atomic E-state index is 0.395. The number of nitrogens with zero attached hydrogens (tertiary/aromatic N) is 3. The van der Waals surface area contributed by atoms with Crippen molar-refractivity contribution in [3.63, 3.8) is 0 Å². The van der Waals surface area contributed by atoms with Gasteiger partial charge in [-0.15, -0.1) is 0 Å². The molecule has 0 spiro atoms. The second-order valence-corrected chi connectivity index (χ2v) is 5.41. The van der Waals surface area contributed by atoms with Crippen LogP contribution in [0.25, 0.3) is 11.3 Å². The molecule has 8 heteroatoms. The Hall–Kier alpha value is -3.13. The van der Waals surface area contributed by atoms with Crippen LogP contribution in [-0.2, 0) is 4.74 Å². The number of aliphatic imine (C=N–C) groups is 1. The van der Waals surface area contributed by atoms with E-state index in [1.54, 1.807) is 17.1 Å². The molecule has 1 atom stereocenters. The second-order valence-electron chi connectivity index (χ2n) is 5.41. The maximum Gasteiger partial charge on any atom is 0.317 e. The van der Waals surface area contributed by atoms with E-state index < -0.39 is 12.4 Å². The molecule has 3 rings (SSSR count). The maximum atomic E-state index is 11.4. The number of rotatable bonds is 5. The average molecular weight is 340 g/mol. The largest absolute Gasteiger partial charge is 0.351 e. The fourth-order valence-corrected chi connectivity index (χ4v) is 2.56. The fraction of sp³-hybridized carbons (Fsp3) is 0.235. The number of hydrogen-bond donors (Lipinski definition) is 3. The van der Waals surface area contributed by atoms with E-state index in [0.717, 1.165) is 16.8 Å². The SMILES string of the molecule is CCOC1N=CC(c2nn(-c3ccccc3)c(NC(N)=O)c2C)=CN1. The molecule has 2 aromatic rings. The molecule has 130 valence electrons. The Bertz CT molecular complexity index is 825. The summed E-state index contributed by atoms with van der Waals surface area (Å²) in [7, 11) is 0. The Morgan fingerprint density at radius 3 is 2.76 bits per heavy atom. The number of carbonyl (C=O) groups excluding carboxylic acids is 1. The van der Waals surface area contributed by atoms with E-state index in [9.17, 15) is 4.79 Å². The molecule has 1 aromatic carbocycles. The Morgan fingerprint density at radius 1 is 1.40 bits per heavy atom. The first-order valence-electron chi connectivity index (χ1n) is 7.93. The molecule has 0 fully saturated rings. The van der Waals surface area contributed by atoms with Crippen LogP contribution in [0.2, 0.25) is 0 Å². The normalized spacial score (nSPS) is 16.2. The number of carbonyl (C=O) groups is 1. The van der Waals surface area contributed by atoms with Gasteiger partial charge in [-0.2, -0.15) is 5.10 Å². The van der Waals surface area contributed by atoms with Gasteiger partial charge >= 0.3 is 6.03 Å². The van der Waals surface area contributed by atoms with Gasteiger partial charge in [0.25, 0.3) is 0 Å². The van der Waals surface area contributed by atoms with E-state index in [1.807, 2.05) is 44.2 Å². The van der Waals surface area contributed by atoms with Crippen molar-refractivity contribution >= 4 is 23.6 Å². The quantitative estimate of drug-likeness (QED) is 0.774. The molecule has 1 aliphatic heterocycles. The van der Waals surface area contributed by atoms with E-state index in [1.165, 1.54) is 0 Å². The van der Waals surface area contributed by atoms with Crippen LogP contribution in [0.1, 0.15) is 18.2 Å². The Kier molecular flexibility index (Phi) is 4.80. The number of urea groups is 1. The van der Waals surface area contributed by atoms with E-state index in [4.69, 9.17) is 10.5 Å². The third-order valence-corrected chi connectivity index (χ3v) is 3.69. The average Bonchev–Trinajstić information content (AvgIpc) is 2.93.